The Morgan fingerprint density at radius 1 is 1.17 bits per heavy atom. The molecule has 1 aromatic heterocycles. The first-order valence-corrected chi connectivity index (χ1v) is 11.1. The van der Waals surface area contributed by atoms with Gasteiger partial charge in [-0.05, 0) is 56.9 Å². The summed E-state index contributed by atoms with van der Waals surface area (Å²) in [5, 5.41) is 10.6. The summed E-state index contributed by atoms with van der Waals surface area (Å²) in [6.45, 7) is 5.93. The van der Waals surface area contributed by atoms with Crippen molar-refractivity contribution in [1.29, 1.82) is 0 Å². The number of nitrogens with zero attached hydrogens (tertiary/aromatic N) is 3. The van der Waals surface area contributed by atoms with Crippen LogP contribution in [0.15, 0.2) is 52.8 Å². The molecule has 0 spiro atoms. The van der Waals surface area contributed by atoms with Gasteiger partial charge in [0.15, 0.2) is 5.96 Å². The molecule has 1 unspecified atom stereocenters. The molecule has 1 fully saturated rings. The van der Waals surface area contributed by atoms with Crippen LogP contribution >= 0.6 is 35.3 Å². The Bertz CT molecular complexity index is 712. The van der Waals surface area contributed by atoms with Gasteiger partial charge < -0.3 is 20.4 Å². The monoisotopic (exact) mass is 527 g/mol. The summed E-state index contributed by atoms with van der Waals surface area (Å²) in [4.78, 5) is 9.64. The molecule has 1 aromatic carbocycles. The average molecular weight is 528 g/mol. The van der Waals surface area contributed by atoms with E-state index in [1.54, 1.807) is 0 Å². The van der Waals surface area contributed by atoms with E-state index in [1.165, 1.54) is 10.6 Å². The topological polar surface area (TPSA) is 42.9 Å². The largest absolute Gasteiger partial charge is 0.363 e. The van der Waals surface area contributed by atoms with E-state index in [0.717, 1.165) is 45.0 Å². The molecule has 2 N–H and O–H groups in total. The Balaban J connectivity index is 0.00000300. The zero-order valence-corrected chi connectivity index (χ0v) is 20.8. The van der Waals surface area contributed by atoms with Gasteiger partial charge in [0, 0.05) is 25.7 Å². The molecule has 5 nitrogen and oxygen atoms in total. The van der Waals surface area contributed by atoms with Crippen molar-refractivity contribution in [3.63, 3.8) is 0 Å². The number of anilines is 1. The Hall–Kier alpha value is -1.32. The maximum atomic E-state index is 4.92. The van der Waals surface area contributed by atoms with Gasteiger partial charge in [0.2, 0.25) is 0 Å². The van der Waals surface area contributed by atoms with Gasteiger partial charge in [0.25, 0.3) is 0 Å². The third kappa shape index (κ3) is 7.15. The van der Waals surface area contributed by atoms with E-state index < -0.39 is 0 Å². The van der Waals surface area contributed by atoms with Crippen LogP contribution in [0.5, 0.6) is 0 Å². The third-order valence-corrected chi connectivity index (χ3v) is 6.16. The highest BCUT2D eigenvalue weighted by molar-refractivity contribution is 14.0. The van der Waals surface area contributed by atoms with Crippen molar-refractivity contribution in [1.82, 2.24) is 15.5 Å². The molecule has 1 atom stereocenters. The lowest BCUT2D eigenvalue weighted by Crippen LogP contribution is -2.48. The fourth-order valence-corrected chi connectivity index (χ4v) is 4.41. The van der Waals surface area contributed by atoms with Crippen LogP contribution in [0.3, 0.4) is 0 Å². The average Bonchev–Trinajstić information content (AvgIpc) is 3.24. The van der Waals surface area contributed by atoms with Gasteiger partial charge >= 0.3 is 0 Å². The Morgan fingerprint density at radius 2 is 1.90 bits per heavy atom. The standard InChI is InChI=1S/C22H33N5S.HI/c1-4-23-22(24-17-20(26(2)3)18-9-6-5-7-10-18)25-19-12-14-27(15-13-19)21-11-8-16-28-21;/h5-11,16,19-20H,4,12-15,17H2,1-3H3,(H2,23,24,25);1H. The predicted octanol–water partition coefficient (Wildman–Crippen LogP) is 4.19. The smallest absolute Gasteiger partial charge is 0.191 e. The molecule has 1 saturated heterocycles. The molecule has 0 saturated carbocycles. The van der Waals surface area contributed by atoms with Crippen molar-refractivity contribution in [3.8, 4) is 0 Å². The van der Waals surface area contributed by atoms with E-state index in [4.69, 9.17) is 4.99 Å². The molecule has 160 valence electrons. The van der Waals surface area contributed by atoms with Crippen LogP contribution in [0.2, 0.25) is 0 Å². The molecule has 0 amide bonds. The minimum absolute atomic E-state index is 0. The van der Waals surface area contributed by atoms with Crippen molar-refractivity contribution >= 4 is 46.3 Å². The van der Waals surface area contributed by atoms with Crippen molar-refractivity contribution in [3.05, 3.63) is 53.4 Å². The lowest BCUT2D eigenvalue weighted by Gasteiger charge is -2.33. The molecule has 0 bridgehead atoms. The summed E-state index contributed by atoms with van der Waals surface area (Å²) in [6.07, 6.45) is 2.27. The molecule has 0 radical (unpaired) electrons. The lowest BCUT2D eigenvalue weighted by molar-refractivity contribution is 0.306. The van der Waals surface area contributed by atoms with Gasteiger partial charge in [-0.2, -0.15) is 0 Å². The zero-order chi connectivity index (χ0) is 19.8. The van der Waals surface area contributed by atoms with E-state index >= 15 is 0 Å². The number of hydrogen-bond acceptors (Lipinski definition) is 4. The number of halogens is 1. The normalized spacial score (nSPS) is 16.4. The predicted molar refractivity (Wildman–Crippen MR) is 137 cm³/mol. The van der Waals surface area contributed by atoms with Gasteiger partial charge in [0.1, 0.15) is 0 Å². The van der Waals surface area contributed by atoms with Gasteiger partial charge in [-0.3, -0.25) is 4.99 Å². The minimum Gasteiger partial charge on any atom is -0.363 e. The molecule has 7 heteroatoms. The number of nitrogens with one attached hydrogen (secondary N) is 2. The number of guanidine groups is 1. The van der Waals surface area contributed by atoms with Crippen molar-refractivity contribution < 1.29 is 0 Å². The van der Waals surface area contributed by atoms with E-state index in [2.05, 4.69) is 89.3 Å². The van der Waals surface area contributed by atoms with Crippen LogP contribution in [0.4, 0.5) is 5.00 Å². The third-order valence-electron chi connectivity index (χ3n) is 5.23. The van der Waals surface area contributed by atoms with Crippen LogP contribution in [0.25, 0.3) is 0 Å². The van der Waals surface area contributed by atoms with Crippen LogP contribution < -0.4 is 15.5 Å². The van der Waals surface area contributed by atoms with E-state index in [9.17, 15) is 0 Å². The fourth-order valence-electron chi connectivity index (χ4n) is 3.63. The number of likely N-dealkylation sites (N-methyl/N-ethyl adjacent to an activating group) is 1. The van der Waals surface area contributed by atoms with E-state index in [1.807, 2.05) is 11.3 Å². The molecule has 1 aliphatic rings. The summed E-state index contributed by atoms with van der Waals surface area (Å²) in [6, 6.07) is 15.7. The van der Waals surface area contributed by atoms with Crippen LogP contribution in [0, 0.1) is 0 Å². The van der Waals surface area contributed by atoms with Gasteiger partial charge in [0.05, 0.1) is 17.6 Å². The maximum absolute atomic E-state index is 4.92. The van der Waals surface area contributed by atoms with Crippen molar-refractivity contribution in [2.75, 3.05) is 45.2 Å². The second-order valence-corrected chi connectivity index (χ2v) is 8.39. The van der Waals surface area contributed by atoms with Crippen LogP contribution in [-0.2, 0) is 0 Å². The van der Waals surface area contributed by atoms with E-state index in [-0.39, 0.29) is 30.0 Å². The Kier molecular flexibility index (Phi) is 10.2. The Labute approximate surface area is 196 Å². The molecule has 2 aromatic rings. The highest BCUT2D eigenvalue weighted by Gasteiger charge is 2.21. The highest BCUT2D eigenvalue weighted by atomic mass is 127. The first-order chi connectivity index (χ1) is 13.7. The lowest BCUT2D eigenvalue weighted by atomic mass is 10.1. The molecule has 0 aliphatic carbocycles. The zero-order valence-electron chi connectivity index (χ0n) is 17.7. The number of aliphatic imine (C=N–C) groups is 1. The summed E-state index contributed by atoms with van der Waals surface area (Å²) < 4.78 is 0. The summed E-state index contributed by atoms with van der Waals surface area (Å²) in [5.74, 6) is 0.930. The van der Waals surface area contributed by atoms with Gasteiger partial charge in [-0.25, -0.2) is 0 Å². The SMILES string of the molecule is CCNC(=NCC(c1ccccc1)N(C)C)NC1CCN(c2cccs2)CC1.I. The molecule has 2 heterocycles. The number of benzene rings is 1. The first kappa shape index (κ1) is 24.0. The molecule has 1 aliphatic heterocycles. The van der Waals surface area contributed by atoms with Crippen LogP contribution in [0.1, 0.15) is 31.4 Å². The van der Waals surface area contributed by atoms with Crippen molar-refractivity contribution in [2.24, 2.45) is 4.99 Å². The second kappa shape index (κ2) is 12.4. The summed E-state index contributed by atoms with van der Waals surface area (Å²) >= 11 is 1.83. The second-order valence-electron chi connectivity index (χ2n) is 7.47. The maximum Gasteiger partial charge on any atom is 0.191 e. The fraction of sp³-hybridized carbons (Fsp3) is 0.500. The summed E-state index contributed by atoms with van der Waals surface area (Å²) in [7, 11) is 4.24. The van der Waals surface area contributed by atoms with E-state index in [0.29, 0.717) is 6.04 Å². The molecule has 29 heavy (non-hydrogen) atoms. The summed E-state index contributed by atoms with van der Waals surface area (Å²) in [5.41, 5.74) is 1.30. The van der Waals surface area contributed by atoms with Gasteiger partial charge in [-0.1, -0.05) is 30.3 Å². The number of thiophene rings is 1. The van der Waals surface area contributed by atoms with Crippen LogP contribution in [-0.4, -0.2) is 57.2 Å². The molecular formula is C22H34IN5S. The quantitative estimate of drug-likeness (QED) is 0.322. The number of hydrogen-bond donors (Lipinski definition) is 2. The molecule has 3 rings (SSSR count). The van der Waals surface area contributed by atoms with Crippen molar-refractivity contribution in [2.45, 2.75) is 31.8 Å². The first-order valence-electron chi connectivity index (χ1n) is 10.2. The molecular weight excluding hydrogens is 493 g/mol. The number of rotatable bonds is 7. The highest BCUT2D eigenvalue weighted by Crippen LogP contribution is 2.25. The Morgan fingerprint density at radius 3 is 2.48 bits per heavy atom. The van der Waals surface area contributed by atoms with Gasteiger partial charge in [-0.15, -0.1) is 35.3 Å². The number of piperidine rings is 1. The minimum atomic E-state index is 0.